The first-order chi connectivity index (χ1) is 13.4. The van der Waals surface area contributed by atoms with Gasteiger partial charge in [0.05, 0.1) is 14.2 Å². The number of thioether (sulfide) groups is 2. The standard InChI is InChI=1S/C21H17ClO4S2/c1-12-4-6-13(7-5-12)16-18(20(23)25-2)28-17(19(27-16)21(24)26-3)14-8-10-15(22)11-9-14/h4-11H,1-3H3. The van der Waals surface area contributed by atoms with E-state index in [-0.39, 0.29) is 0 Å². The summed E-state index contributed by atoms with van der Waals surface area (Å²) >= 11 is 8.41. The smallest absolute Gasteiger partial charge is 0.345 e. The molecule has 0 amide bonds. The van der Waals surface area contributed by atoms with Crippen LogP contribution in [0.1, 0.15) is 16.7 Å². The van der Waals surface area contributed by atoms with Gasteiger partial charge in [0, 0.05) is 14.8 Å². The van der Waals surface area contributed by atoms with Gasteiger partial charge in [0.1, 0.15) is 9.81 Å². The zero-order valence-electron chi connectivity index (χ0n) is 15.4. The van der Waals surface area contributed by atoms with Gasteiger partial charge >= 0.3 is 11.9 Å². The fourth-order valence-electron chi connectivity index (χ4n) is 2.53. The van der Waals surface area contributed by atoms with Gasteiger partial charge in [0.2, 0.25) is 0 Å². The first kappa shape index (κ1) is 20.6. The zero-order chi connectivity index (χ0) is 20.3. The van der Waals surface area contributed by atoms with Crippen molar-refractivity contribution >= 4 is 56.9 Å². The van der Waals surface area contributed by atoms with Crippen molar-refractivity contribution in [2.24, 2.45) is 0 Å². The van der Waals surface area contributed by atoms with Crippen molar-refractivity contribution < 1.29 is 19.1 Å². The van der Waals surface area contributed by atoms with Crippen molar-refractivity contribution in [2.75, 3.05) is 14.2 Å². The largest absolute Gasteiger partial charge is 0.465 e. The molecule has 0 aliphatic carbocycles. The topological polar surface area (TPSA) is 52.6 Å². The molecular formula is C21H17ClO4S2. The number of esters is 2. The van der Waals surface area contributed by atoms with E-state index in [9.17, 15) is 9.59 Å². The number of carbonyl (C=O) groups is 2. The van der Waals surface area contributed by atoms with Gasteiger partial charge in [-0.05, 0) is 30.2 Å². The Morgan fingerprint density at radius 1 is 0.750 bits per heavy atom. The first-order valence-corrected chi connectivity index (χ1v) is 10.3. The second-order valence-corrected chi connectivity index (χ2v) is 8.35. The average Bonchev–Trinajstić information content (AvgIpc) is 2.73. The Hall–Kier alpha value is -2.15. The van der Waals surface area contributed by atoms with Gasteiger partial charge in [-0.1, -0.05) is 77.1 Å². The van der Waals surface area contributed by atoms with E-state index < -0.39 is 11.9 Å². The molecule has 144 valence electrons. The highest BCUT2D eigenvalue weighted by molar-refractivity contribution is 8.20. The molecule has 0 unspecified atom stereocenters. The number of halogens is 1. The summed E-state index contributed by atoms with van der Waals surface area (Å²) in [7, 11) is 2.68. The van der Waals surface area contributed by atoms with Gasteiger partial charge in [-0.25, -0.2) is 9.59 Å². The lowest BCUT2D eigenvalue weighted by Crippen LogP contribution is -2.12. The SMILES string of the molecule is COC(=O)C1=C(c2ccc(C)cc2)SC(C(=O)OC)=C(c2ccc(Cl)cc2)S1. The van der Waals surface area contributed by atoms with E-state index in [1.165, 1.54) is 37.7 Å². The first-order valence-electron chi connectivity index (χ1n) is 8.28. The van der Waals surface area contributed by atoms with Crippen molar-refractivity contribution in [3.63, 3.8) is 0 Å². The van der Waals surface area contributed by atoms with Gasteiger partial charge in [0.25, 0.3) is 0 Å². The third-order valence-electron chi connectivity index (χ3n) is 3.98. The summed E-state index contributed by atoms with van der Waals surface area (Å²) in [6, 6.07) is 14.8. The van der Waals surface area contributed by atoms with Gasteiger partial charge in [0.15, 0.2) is 0 Å². The summed E-state index contributed by atoms with van der Waals surface area (Å²) in [5.74, 6) is -0.917. The van der Waals surface area contributed by atoms with Crippen LogP contribution in [-0.4, -0.2) is 26.2 Å². The Morgan fingerprint density at radius 2 is 1.14 bits per heavy atom. The molecule has 2 aromatic rings. The number of methoxy groups -OCH3 is 2. The van der Waals surface area contributed by atoms with Crippen molar-refractivity contribution in [3.8, 4) is 0 Å². The highest BCUT2D eigenvalue weighted by Crippen LogP contribution is 2.53. The number of rotatable bonds is 4. The van der Waals surface area contributed by atoms with E-state index in [0.717, 1.165) is 16.7 Å². The molecule has 0 spiro atoms. The normalized spacial score (nSPS) is 14.1. The van der Waals surface area contributed by atoms with Crippen LogP contribution >= 0.6 is 35.1 Å². The molecule has 0 bridgehead atoms. The summed E-state index contributed by atoms with van der Waals surface area (Å²) in [4.78, 5) is 27.2. The molecular weight excluding hydrogens is 416 g/mol. The van der Waals surface area contributed by atoms with E-state index >= 15 is 0 Å². The lowest BCUT2D eigenvalue weighted by atomic mass is 10.1. The molecule has 2 aromatic carbocycles. The summed E-state index contributed by atoms with van der Waals surface area (Å²) in [6.07, 6.45) is 0. The molecule has 28 heavy (non-hydrogen) atoms. The molecule has 0 aromatic heterocycles. The van der Waals surface area contributed by atoms with Crippen LogP contribution in [0.15, 0.2) is 58.3 Å². The van der Waals surface area contributed by atoms with Crippen LogP contribution in [0.4, 0.5) is 0 Å². The van der Waals surface area contributed by atoms with Crippen LogP contribution in [0, 0.1) is 6.92 Å². The van der Waals surface area contributed by atoms with E-state index in [0.29, 0.717) is 24.6 Å². The number of ether oxygens (including phenoxy) is 2. The number of hydrogen-bond acceptors (Lipinski definition) is 6. The molecule has 7 heteroatoms. The molecule has 0 N–H and O–H groups in total. The fourth-order valence-corrected chi connectivity index (χ4v) is 5.18. The quantitative estimate of drug-likeness (QED) is 0.593. The molecule has 0 saturated carbocycles. The Morgan fingerprint density at radius 3 is 1.54 bits per heavy atom. The second-order valence-electron chi connectivity index (χ2n) is 5.88. The second kappa shape index (κ2) is 8.90. The lowest BCUT2D eigenvalue weighted by molar-refractivity contribution is -0.136. The highest BCUT2D eigenvalue weighted by Gasteiger charge is 2.32. The molecule has 0 fully saturated rings. The van der Waals surface area contributed by atoms with Gasteiger partial charge in [-0.15, -0.1) is 0 Å². The predicted molar refractivity (Wildman–Crippen MR) is 116 cm³/mol. The molecule has 3 rings (SSSR count). The molecule has 1 aliphatic heterocycles. The Kier molecular flexibility index (Phi) is 6.54. The van der Waals surface area contributed by atoms with E-state index in [2.05, 4.69) is 0 Å². The highest BCUT2D eigenvalue weighted by atomic mass is 35.5. The zero-order valence-corrected chi connectivity index (χ0v) is 17.8. The molecule has 1 aliphatic rings. The predicted octanol–water partition coefficient (Wildman–Crippen LogP) is 5.51. The van der Waals surface area contributed by atoms with Crippen molar-refractivity contribution in [1.29, 1.82) is 0 Å². The van der Waals surface area contributed by atoms with Crippen LogP contribution in [0.5, 0.6) is 0 Å². The third-order valence-corrected chi connectivity index (χ3v) is 6.93. The maximum Gasteiger partial charge on any atom is 0.345 e. The Balaban J connectivity index is 2.15. The molecule has 0 saturated heterocycles. The molecule has 4 nitrogen and oxygen atoms in total. The number of aryl methyl sites for hydroxylation is 1. The van der Waals surface area contributed by atoms with Crippen LogP contribution in [0.25, 0.3) is 9.81 Å². The Bertz CT molecular complexity index is 895. The van der Waals surface area contributed by atoms with E-state index in [1.807, 2.05) is 31.2 Å². The van der Waals surface area contributed by atoms with Crippen LogP contribution in [0.2, 0.25) is 5.02 Å². The van der Waals surface area contributed by atoms with Crippen LogP contribution in [0.3, 0.4) is 0 Å². The molecule has 1 heterocycles. The minimum absolute atomic E-state index is 0.415. The lowest BCUT2D eigenvalue weighted by Gasteiger charge is -2.23. The van der Waals surface area contributed by atoms with E-state index in [4.69, 9.17) is 21.1 Å². The number of hydrogen-bond donors (Lipinski definition) is 0. The van der Waals surface area contributed by atoms with Crippen LogP contribution in [-0.2, 0) is 19.1 Å². The van der Waals surface area contributed by atoms with Crippen molar-refractivity contribution in [1.82, 2.24) is 0 Å². The minimum Gasteiger partial charge on any atom is -0.465 e. The van der Waals surface area contributed by atoms with Gasteiger partial charge < -0.3 is 9.47 Å². The fraction of sp³-hybridized carbons (Fsp3) is 0.143. The molecule has 0 atom stereocenters. The van der Waals surface area contributed by atoms with Crippen molar-refractivity contribution in [2.45, 2.75) is 6.92 Å². The number of carbonyl (C=O) groups excluding carboxylic acids is 2. The van der Waals surface area contributed by atoms with Crippen molar-refractivity contribution in [3.05, 3.63) is 80.1 Å². The third kappa shape index (κ3) is 4.29. The maximum atomic E-state index is 12.5. The monoisotopic (exact) mass is 432 g/mol. The number of benzene rings is 2. The van der Waals surface area contributed by atoms with Crippen LogP contribution < -0.4 is 0 Å². The molecule has 0 radical (unpaired) electrons. The minimum atomic E-state index is -0.462. The Labute approximate surface area is 176 Å². The maximum absolute atomic E-state index is 12.5. The summed E-state index contributed by atoms with van der Waals surface area (Å²) in [5.41, 5.74) is 2.70. The van der Waals surface area contributed by atoms with Gasteiger partial charge in [-0.3, -0.25) is 0 Å². The van der Waals surface area contributed by atoms with E-state index in [1.54, 1.807) is 24.3 Å². The average molecular weight is 433 g/mol. The summed E-state index contributed by atoms with van der Waals surface area (Å²) in [6.45, 7) is 1.99. The summed E-state index contributed by atoms with van der Waals surface area (Å²) in [5, 5.41) is 0.585. The van der Waals surface area contributed by atoms with Gasteiger partial charge in [-0.2, -0.15) is 0 Å². The summed E-state index contributed by atoms with van der Waals surface area (Å²) < 4.78 is 9.99.